The van der Waals surface area contributed by atoms with Gasteiger partial charge < -0.3 is 21.3 Å². The van der Waals surface area contributed by atoms with Gasteiger partial charge in [0.05, 0.1) is 0 Å². The van der Waals surface area contributed by atoms with E-state index in [2.05, 4.69) is 10.6 Å². The number of likely N-dealkylation sites (N-methyl/N-ethyl adjacent to an activating group) is 1. The molecule has 144 valence electrons. The summed E-state index contributed by atoms with van der Waals surface area (Å²) in [6, 6.07) is -0.0855. The molecular weight excluding hydrogens is 340 g/mol. The number of hydrogen-bond acceptors (Lipinski definition) is 3. The molecule has 25 heavy (non-hydrogen) atoms. The van der Waals surface area contributed by atoms with E-state index in [1.165, 1.54) is 19.3 Å². The maximum Gasteiger partial charge on any atom is 0.315 e. The Morgan fingerprint density at radius 3 is 2.16 bits per heavy atom. The molecule has 0 aliphatic heterocycles. The number of carbonyl (C=O) groups is 2. The van der Waals surface area contributed by atoms with Crippen molar-refractivity contribution in [3.63, 3.8) is 0 Å². The normalized spacial score (nSPS) is 33.3. The number of hydrogen-bond donors (Lipinski definition) is 3. The minimum Gasteiger partial charge on any atom is -0.342 e. The molecule has 1 unspecified atom stereocenters. The third-order valence-electron chi connectivity index (χ3n) is 6.44. The van der Waals surface area contributed by atoms with E-state index in [-0.39, 0.29) is 35.9 Å². The lowest BCUT2D eigenvalue weighted by atomic mass is 9.53. The summed E-state index contributed by atoms with van der Waals surface area (Å²) in [5.41, 5.74) is 5.60. The van der Waals surface area contributed by atoms with Crippen molar-refractivity contribution in [2.45, 2.75) is 63.5 Å². The summed E-state index contributed by atoms with van der Waals surface area (Å²) in [4.78, 5) is 26.0. The van der Waals surface area contributed by atoms with E-state index in [9.17, 15) is 9.59 Å². The van der Waals surface area contributed by atoms with Crippen LogP contribution in [0.15, 0.2) is 0 Å². The van der Waals surface area contributed by atoms with Crippen LogP contribution in [-0.4, -0.2) is 48.6 Å². The highest BCUT2D eigenvalue weighted by molar-refractivity contribution is 5.85. The summed E-state index contributed by atoms with van der Waals surface area (Å²) >= 11 is 0. The summed E-state index contributed by atoms with van der Waals surface area (Å²) in [5, 5.41) is 6.14. The highest BCUT2D eigenvalue weighted by atomic mass is 35.5. The van der Waals surface area contributed by atoms with Crippen molar-refractivity contribution in [3.05, 3.63) is 0 Å². The first-order chi connectivity index (χ1) is 11.4. The molecule has 0 aromatic heterocycles. The lowest BCUT2D eigenvalue weighted by Crippen LogP contribution is -2.61. The first kappa shape index (κ1) is 20.3. The highest BCUT2D eigenvalue weighted by Gasteiger charge is 2.51. The topological polar surface area (TPSA) is 87.5 Å². The molecule has 4 fully saturated rings. The number of urea groups is 1. The zero-order valence-electron chi connectivity index (χ0n) is 15.4. The van der Waals surface area contributed by atoms with Crippen LogP contribution in [0.4, 0.5) is 4.79 Å². The zero-order valence-corrected chi connectivity index (χ0v) is 16.2. The second kappa shape index (κ2) is 8.12. The van der Waals surface area contributed by atoms with Crippen LogP contribution < -0.4 is 16.4 Å². The average Bonchev–Trinajstić information content (AvgIpc) is 2.51. The molecule has 4 aliphatic carbocycles. The van der Waals surface area contributed by atoms with Gasteiger partial charge in [-0.25, -0.2) is 4.79 Å². The Morgan fingerprint density at radius 1 is 1.16 bits per heavy atom. The maximum atomic E-state index is 12.3. The van der Waals surface area contributed by atoms with Gasteiger partial charge in [0.1, 0.15) is 0 Å². The van der Waals surface area contributed by atoms with E-state index in [0.717, 1.165) is 37.0 Å². The maximum absolute atomic E-state index is 12.3. The second-order valence-corrected chi connectivity index (χ2v) is 8.42. The molecule has 0 aromatic carbocycles. The van der Waals surface area contributed by atoms with Crippen molar-refractivity contribution in [1.82, 2.24) is 15.5 Å². The molecule has 7 heteroatoms. The molecule has 4 rings (SSSR count). The molecule has 4 saturated carbocycles. The van der Waals surface area contributed by atoms with E-state index >= 15 is 0 Å². The van der Waals surface area contributed by atoms with Gasteiger partial charge in [-0.3, -0.25) is 4.79 Å². The van der Waals surface area contributed by atoms with Crippen LogP contribution in [0.25, 0.3) is 0 Å². The molecular formula is C18H33ClN4O2. The molecule has 0 spiro atoms. The summed E-state index contributed by atoms with van der Waals surface area (Å²) in [7, 11) is 1.76. The molecule has 4 N–H and O–H groups in total. The van der Waals surface area contributed by atoms with Crippen molar-refractivity contribution in [2.75, 3.05) is 20.1 Å². The van der Waals surface area contributed by atoms with Gasteiger partial charge in [-0.1, -0.05) is 0 Å². The Hall–Kier alpha value is -1.01. The number of nitrogens with two attached hydrogens (primary N) is 1. The predicted molar refractivity (Wildman–Crippen MR) is 101 cm³/mol. The molecule has 6 nitrogen and oxygen atoms in total. The van der Waals surface area contributed by atoms with E-state index in [1.807, 2.05) is 6.92 Å². The standard InChI is InChI=1S/C18H32N4O2.ClH/c1-12(11-19)22(2)16(23)3-4-20-17(24)21-18-8-13-5-14(9-18)7-15(6-13)10-18;/h12-15H,3-11,19H2,1-2H3,(H2,20,21,24);1H. The lowest BCUT2D eigenvalue weighted by molar-refractivity contribution is -0.131. The van der Waals surface area contributed by atoms with Gasteiger partial charge in [0.25, 0.3) is 0 Å². The van der Waals surface area contributed by atoms with Crippen LogP contribution in [0, 0.1) is 17.8 Å². The van der Waals surface area contributed by atoms with Gasteiger partial charge in [-0.2, -0.15) is 0 Å². The van der Waals surface area contributed by atoms with Crippen molar-refractivity contribution in [2.24, 2.45) is 23.5 Å². The van der Waals surface area contributed by atoms with Gasteiger partial charge in [-0.15, -0.1) is 12.4 Å². The molecule has 4 bridgehead atoms. The number of amides is 3. The van der Waals surface area contributed by atoms with Crippen molar-refractivity contribution < 1.29 is 9.59 Å². The summed E-state index contributed by atoms with van der Waals surface area (Å²) in [6.07, 6.45) is 7.83. The van der Waals surface area contributed by atoms with Gasteiger partial charge >= 0.3 is 6.03 Å². The first-order valence-electron chi connectivity index (χ1n) is 9.42. The number of nitrogens with one attached hydrogen (secondary N) is 2. The molecule has 0 radical (unpaired) electrons. The van der Waals surface area contributed by atoms with Crippen molar-refractivity contribution in [1.29, 1.82) is 0 Å². The Morgan fingerprint density at radius 2 is 1.68 bits per heavy atom. The number of nitrogens with zero attached hydrogens (tertiary/aromatic N) is 1. The van der Waals surface area contributed by atoms with Crippen LogP contribution in [0.5, 0.6) is 0 Å². The fourth-order valence-corrected chi connectivity index (χ4v) is 5.41. The third kappa shape index (κ3) is 4.59. The number of halogens is 1. The third-order valence-corrected chi connectivity index (χ3v) is 6.44. The zero-order chi connectivity index (χ0) is 17.3. The second-order valence-electron chi connectivity index (χ2n) is 8.42. The quantitative estimate of drug-likeness (QED) is 0.665. The van der Waals surface area contributed by atoms with E-state index in [0.29, 0.717) is 19.5 Å². The number of rotatable bonds is 6. The van der Waals surface area contributed by atoms with E-state index in [4.69, 9.17) is 5.73 Å². The minimum absolute atomic E-state index is 0. The van der Waals surface area contributed by atoms with Crippen LogP contribution in [-0.2, 0) is 4.79 Å². The average molecular weight is 373 g/mol. The fourth-order valence-electron chi connectivity index (χ4n) is 5.41. The fraction of sp³-hybridized carbons (Fsp3) is 0.889. The molecule has 0 heterocycles. The Balaban J connectivity index is 0.00000225. The predicted octanol–water partition coefficient (Wildman–Crippen LogP) is 1.87. The van der Waals surface area contributed by atoms with Gasteiger partial charge in [0, 0.05) is 38.1 Å². The summed E-state index contributed by atoms with van der Waals surface area (Å²) in [5.74, 6) is 2.45. The van der Waals surface area contributed by atoms with Gasteiger partial charge in [0.15, 0.2) is 0 Å². The minimum atomic E-state index is -0.112. The summed E-state index contributed by atoms with van der Waals surface area (Å²) < 4.78 is 0. The smallest absolute Gasteiger partial charge is 0.315 e. The van der Waals surface area contributed by atoms with Gasteiger partial charge in [0.2, 0.25) is 5.91 Å². The largest absolute Gasteiger partial charge is 0.342 e. The van der Waals surface area contributed by atoms with Crippen LogP contribution in [0.2, 0.25) is 0 Å². The Bertz CT molecular complexity index is 464. The van der Waals surface area contributed by atoms with Gasteiger partial charge in [-0.05, 0) is 63.2 Å². The Labute approximate surface area is 157 Å². The van der Waals surface area contributed by atoms with Crippen LogP contribution in [0.3, 0.4) is 0 Å². The molecule has 0 aromatic rings. The molecule has 3 amide bonds. The lowest BCUT2D eigenvalue weighted by Gasteiger charge is -2.56. The van der Waals surface area contributed by atoms with Crippen LogP contribution in [0.1, 0.15) is 51.9 Å². The number of carbonyl (C=O) groups excluding carboxylic acids is 2. The molecule has 1 atom stereocenters. The van der Waals surface area contributed by atoms with Crippen LogP contribution >= 0.6 is 12.4 Å². The van der Waals surface area contributed by atoms with E-state index in [1.54, 1.807) is 11.9 Å². The summed E-state index contributed by atoms with van der Waals surface area (Å²) in [6.45, 7) is 2.74. The SMILES string of the molecule is CC(CN)N(C)C(=O)CCNC(=O)NC12CC3CC(CC(C3)C1)C2.Cl. The highest BCUT2D eigenvalue weighted by Crippen LogP contribution is 2.55. The first-order valence-corrected chi connectivity index (χ1v) is 9.42. The van der Waals surface area contributed by atoms with Crippen molar-refractivity contribution >= 4 is 24.3 Å². The Kier molecular flexibility index (Phi) is 6.60. The monoisotopic (exact) mass is 372 g/mol. The van der Waals surface area contributed by atoms with Crippen molar-refractivity contribution in [3.8, 4) is 0 Å². The molecule has 4 aliphatic rings. The molecule has 0 saturated heterocycles. The van der Waals surface area contributed by atoms with E-state index < -0.39 is 0 Å².